The molecule has 0 aromatic carbocycles. The molecular weight excluding hydrogens is 779 g/mol. The first-order valence-electron chi connectivity index (χ1n) is 28.1. The number of aliphatic hydroxyl groups excluding tert-OH is 2. The number of allylic oxidation sites excluding steroid dienone is 3. The minimum atomic E-state index is -0.849. The predicted octanol–water partition coefficient (Wildman–Crippen LogP) is 17.1. The van der Waals surface area contributed by atoms with Crippen LogP contribution in [-0.4, -0.2) is 47.4 Å². The van der Waals surface area contributed by atoms with Crippen molar-refractivity contribution in [1.82, 2.24) is 5.32 Å². The van der Waals surface area contributed by atoms with Crippen LogP contribution >= 0.6 is 0 Å². The van der Waals surface area contributed by atoms with E-state index in [0.29, 0.717) is 19.4 Å². The highest BCUT2D eigenvalue weighted by Crippen LogP contribution is 2.16. The molecule has 1 amide bonds. The molecule has 2 atom stereocenters. The molecule has 0 fully saturated rings. The highest BCUT2D eigenvalue weighted by atomic mass is 16.5. The molecule has 372 valence electrons. The average molecular weight is 889 g/mol. The molecule has 6 nitrogen and oxygen atoms in total. The number of esters is 1. The molecule has 2 unspecified atom stereocenters. The van der Waals surface area contributed by atoms with E-state index in [0.717, 1.165) is 51.4 Å². The van der Waals surface area contributed by atoms with Crippen LogP contribution in [0.3, 0.4) is 0 Å². The van der Waals surface area contributed by atoms with Crippen LogP contribution in [-0.2, 0) is 14.3 Å². The third-order valence-corrected chi connectivity index (χ3v) is 13.0. The summed E-state index contributed by atoms with van der Waals surface area (Å²) in [5.41, 5.74) is 0. The quantitative estimate of drug-likeness (QED) is 0.0321. The second kappa shape index (κ2) is 53.0. The molecule has 0 rings (SSSR count). The van der Waals surface area contributed by atoms with Gasteiger partial charge in [-0.05, 0) is 57.8 Å². The zero-order valence-corrected chi connectivity index (χ0v) is 42.3. The number of unbranched alkanes of at least 4 members (excludes halogenated alkanes) is 39. The van der Waals surface area contributed by atoms with E-state index in [1.807, 2.05) is 6.08 Å². The van der Waals surface area contributed by atoms with Crippen molar-refractivity contribution in [3.05, 3.63) is 24.3 Å². The largest absolute Gasteiger partial charge is 0.466 e. The fourth-order valence-corrected chi connectivity index (χ4v) is 8.63. The van der Waals surface area contributed by atoms with Gasteiger partial charge in [-0.25, -0.2) is 0 Å². The Bertz CT molecular complexity index is 982. The summed E-state index contributed by atoms with van der Waals surface area (Å²) in [6, 6.07) is -0.633. The van der Waals surface area contributed by atoms with Gasteiger partial charge in [0, 0.05) is 12.8 Å². The van der Waals surface area contributed by atoms with E-state index in [-0.39, 0.29) is 18.5 Å². The maximum absolute atomic E-state index is 12.4. The summed E-state index contributed by atoms with van der Waals surface area (Å²) in [6.45, 7) is 4.88. The smallest absolute Gasteiger partial charge is 0.305 e. The van der Waals surface area contributed by atoms with Crippen molar-refractivity contribution in [1.29, 1.82) is 0 Å². The minimum Gasteiger partial charge on any atom is -0.466 e. The van der Waals surface area contributed by atoms with Crippen molar-refractivity contribution in [2.75, 3.05) is 13.2 Å². The Kier molecular flexibility index (Phi) is 51.6. The van der Waals surface area contributed by atoms with E-state index in [2.05, 4.69) is 31.3 Å². The van der Waals surface area contributed by atoms with Crippen LogP contribution in [0, 0.1) is 0 Å². The third-order valence-electron chi connectivity index (χ3n) is 13.0. The number of rotatable bonds is 52. The van der Waals surface area contributed by atoms with Crippen LogP contribution in [0.1, 0.15) is 303 Å². The summed E-state index contributed by atoms with van der Waals surface area (Å²) in [7, 11) is 0. The van der Waals surface area contributed by atoms with E-state index in [1.165, 1.54) is 225 Å². The standard InChI is InChI=1S/C57H109NO5/c1-3-5-7-9-11-13-15-17-18-19-20-21-24-27-31-35-39-43-47-51-57(62)63-52-48-44-40-36-32-28-25-22-23-26-30-34-38-42-46-50-56(61)58-54(53-59)55(60)49-45-41-37-33-29-16-14-12-10-8-6-4-2/h17-18,45,49,54-55,59-60H,3-16,19-44,46-48,50-53H2,1-2H3,(H,58,61)/b18-17-,49-45+. The van der Waals surface area contributed by atoms with Gasteiger partial charge in [-0.15, -0.1) is 0 Å². The summed E-state index contributed by atoms with van der Waals surface area (Å²) in [4.78, 5) is 24.5. The van der Waals surface area contributed by atoms with E-state index >= 15 is 0 Å². The summed E-state index contributed by atoms with van der Waals surface area (Å²) < 4.78 is 5.49. The van der Waals surface area contributed by atoms with Gasteiger partial charge in [-0.2, -0.15) is 0 Å². The first-order valence-corrected chi connectivity index (χ1v) is 28.1. The van der Waals surface area contributed by atoms with Gasteiger partial charge in [0.15, 0.2) is 0 Å². The number of hydrogen-bond acceptors (Lipinski definition) is 5. The van der Waals surface area contributed by atoms with Crippen LogP contribution in [0.5, 0.6) is 0 Å². The van der Waals surface area contributed by atoms with Crippen LogP contribution < -0.4 is 5.32 Å². The molecule has 0 saturated heterocycles. The van der Waals surface area contributed by atoms with Crippen molar-refractivity contribution < 1.29 is 24.5 Å². The third kappa shape index (κ3) is 49.6. The van der Waals surface area contributed by atoms with Crippen LogP contribution in [0.2, 0.25) is 0 Å². The van der Waals surface area contributed by atoms with Crippen LogP contribution in [0.4, 0.5) is 0 Å². The highest BCUT2D eigenvalue weighted by molar-refractivity contribution is 5.76. The molecule has 0 bridgehead atoms. The zero-order chi connectivity index (χ0) is 45.8. The van der Waals surface area contributed by atoms with Crippen molar-refractivity contribution >= 4 is 11.9 Å². The summed E-state index contributed by atoms with van der Waals surface area (Å²) in [5, 5.41) is 23.0. The van der Waals surface area contributed by atoms with E-state index in [4.69, 9.17) is 4.74 Å². The topological polar surface area (TPSA) is 95.9 Å². The summed E-state index contributed by atoms with van der Waals surface area (Å²) >= 11 is 0. The van der Waals surface area contributed by atoms with Crippen molar-refractivity contribution in [3.63, 3.8) is 0 Å². The zero-order valence-electron chi connectivity index (χ0n) is 42.3. The Hall–Kier alpha value is -1.66. The first kappa shape index (κ1) is 61.3. The number of ether oxygens (including phenoxy) is 1. The summed E-state index contributed by atoms with van der Waals surface area (Å²) in [6.07, 6.45) is 63.3. The molecule has 6 heteroatoms. The molecular formula is C57H109NO5. The Morgan fingerprint density at radius 2 is 0.746 bits per heavy atom. The molecule has 0 radical (unpaired) electrons. The van der Waals surface area contributed by atoms with E-state index in [9.17, 15) is 19.8 Å². The SMILES string of the molecule is CCCCCCCC/C=C\CCCCCCCCCCCC(=O)OCCCCCCCCCCCCCCCCCC(=O)NC(CO)C(O)/C=C/CCCCCCCCCCCC. The van der Waals surface area contributed by atoms with Gasteiger partial charge in [0.1, 0.15) is 0 Å². The van der Waals surface area contributed by atoms with Crippen molar-refractivity contribution in [3.8, 4) is 0 Å². The van der Waals surface area contributed by atoms with Crippen LogP contribution in [0.25, 0.3) is 0 Å². The monoisotopic (exact) mass is 888 g/mol. The molecule has 0 aliphatic heterocycles. The lowest BCUT2D eigenvalue weighted by Gasteiger charge is -2.20. The molecule has 0 spiro atoms. The number of carbonyl (C=O) groups excluding carboxylic acids is 2. The number of hydrogen-bond donors (Lipinski definition) is 3. The van der Waals surface area contributed by atoms with E-state index < -0.39 is 12.1 Å². The van der Waals surface area contributed by atoms with Gasteiger partial charge in [0.2, 0.25) is 5.91 Å². The second-order valence-corrected chi connectivity index (χ2v) is 19.3. The normalized spacial score (nSPS) is 12.8. The maximum Gasteiger partial charge on any atom is 0.305 e. The molecule has 63 heavy (non-hydrogen) atoms. The van der Waals surface area contributed by atoms with Gasteiger partial charge >= 0.3 is 5.97 Å². The predicted molar refractivity (Wildman–Crippen MR) is 273 cm³/mol. The van der Waals surface area contributed by atoms with Gasteiger partial charge < -0.3 is 20.3 Å². The molecule has 0 saturated carbocycles. The number of carbonyl (C=O) groups is 2. The Balaban J connectivity index is 3.42. The lowest BCUT2D eigenvalue weighted by atomic mass is 10.0. The Labute approximate surface area is 392 Å². The lowest BCUT2D eigenvalue weighted by Crippen LogP contribution is -2.45. The fourth-order valence-electron chi connectivity index (χ4n) is 8.63. The van der Waals surface area contributed by atoms with Gasteiger partial charge in [-0.1, -0.05) is 256 Å². The van der Waals surface area contributed by atoms with Gasteiger partial charge in [0.25, 0.3) is 0 Å². The first-order chi connectivity index (χ1) is 31.0. The van der Waals surface area contributed by atoms with Crippen molar-refractivity contribution in [2.24, 2.45) is 0 Å². The Morgan fingerprint density at radius 1 is 0.429 bits per heavy atom. The molecule has 0 heterocycles. The number of nitrogens with one attached hydrogen (secondary N) is 1. The van der Waals surface area contributed by atoms with Gasteiger partial charge in [0.05, 0.1) is 25.4 Å². The van der Waals surface area contributed by atoms with E-state index in [1.54, 1.807) is 6.08 Å². The lowest BCUT2D eigenvalue weighted by molar-refractivity contribution is -0.143. The van der Waals surface area contributed by atoms with Gasteiger partial charge in [-0.3, -0.25) is 9.59 Å². The Morgan fingerprint density at radius 3 is 1.13 bits per heavy atom. The second-order valence-electron chi connectivity index (χ2n) is 19.3. The molecule has 0 aromatic heterocycles. The van der Waals surface area contributed by atoms with Crippen LogP contribution in [0.15, 0.2) is 24.3 Å². The fraction of sp³-hybridized carbons (Fsp3) is 0.895. The minimum absolute atomic E-state index is 0.000965. The summed E-state index contributed by atoms with van der Waals surface area (Å²) in [5.74, 6) is -0.0777. The highest BCUT2D eigenvalue weighted by Gasteiger charge is 2.18. The maximum atomic E-state index is 12.4. The number of aliphatic hydroxyl groups is 2. The number of amides is 1. The molecule has 0 aliphatic rings. The molecule has 3 N–H and O–H groups in total. The van der Waals surface area contributed by atoms with Crippen molar-refractivity contribution in [2.45, 2.75) is 315 Å². The molecule has 0 aromatic rings. The average Bonchev–Trinajstić information content (AvgIpc) is 3.28. The molecule has 0 aliphatic carbocycles.